The molecule has 0 aliphatic rings. The highest BCUT2D eigenvalue weighted by Crippen LogP contribution is 2.42. The fraction of sp³-hybridized carbons (Fsp3) is 0. The summed E-state index contributed by atoms with van der Waals surface area (Å²) >= 11 is 1.87. The largest absolute Gasteiger partial charge is 0.456 e. The van der Waals surface area contributed by atoms with Crippen LogP contribution in [0.15, 0.2) is 205 Å². The van der Waals surface area contributed by atoms with Gasteiger partial charge in [0.1, 0.15) is 11.2 Å². The molecular formula is C52H33NOS. The van der Waals surface area contributed by atoms with E-state index in [0.717, 1.165) is 50.1 Å². The van der Waals surface area contributed by atoms with Crippen LogP contribution in [0.2, 0.25) is 0 Å². The smallest absolute Gasteiger partial charge is 0.135 e. The van der Waals surface area contributed by atoms with Crippen molar-refractivity contribution in [1.82, 2.24) is 0 Å². The van der Waals surface area contributed by atoms with Crippen molar-refractivity contribution in [2.24, 2.45) is 0 Å². The number of fused-ring (bicyclic) bond motifs is 7. The lowest BCUT2D eigenvalue weighted by molar-refractivity contribution is 0.669. The molecule has 0 radical (unpaired) electrons. The summed E-state index contributed by atoms with van der Waals surface area (Å²) in [7, 11) is 0. The van der Waals surface area contributed by atoms with Crippen LogP contribution in [0.5, 0.6) is 0 Å². The monoisotopic (exact) mass is 719 g/mol. The molecule has 258 valence electrons. The number of thiophene rings is 1. The Morgan fingerprint density at radius 3 is 1.82 bits per heavy atom. The molecule has 0 aliphatic carbocycles. The fourth-order valence-electron chi connectivity index (χ4n) is 8.11. The van der Waals surface area contributed by atoms with Gasteiger partial charge in [-0.2, -0.15) is 0 Å². The number of rotatable bonds is 6. The van der Waals surface area contributed by atoms with Crippen molar-refractivity contribution in [2.75, 3.05) is 4.90 Å². The van der Waals surface area contributed by atoms with Gasteiger partial charge in [-0.1, -0.05) is 133 Å². The third-order valence-electron chi connectivity index (χ3n) is 10.9. The maximum absolute atomic E-state index is 6.12. The number of nitrogens with zero attached hydrogens (tertiary/aromatic N) is 1. The van der Waals surface area contributed by atoms with E-state index >= 15 is 0 Å². The number of hydrogen-bond donors (Lipinski definition) is 0. The molecule has 11 rings (SSSR count). The van der Waals surface area contributed by atoms with Gasteiger partial charge >= 0.3 is 0 Å². The third-order valence-corrected chi connectivity index (χ3v) is 12.1. The van der Waals surface area contributed by atoms with Crippen LogP contribution >= 0.6 is 11.3 Å². The minimum atomic E-state index is 0.908. The second kappa shape index (κ2) is 12.9. The van der Waals surface area contributed by atoms with E-state index in [-0.39, 0.29) is 0 Å². The van der Waals surface area contributed by atoms with Crippen molar-refractivity contribution < 1.29 is 4.42 Å². The van der Waals surface area contributed by atoms with Crippen molar-refractivity contribution in [1.29, 1.82) is 0 Å². The van der Waals surface area contributed by atoms with Gasteiger partial charge in [0.2, 0.25) is 0 Å². The number of para-hydroxylation sites is 1. The predicted molar refractivity (Wildman–Crippen MR) is 235 cm³/mol. The van der Waals surface area contributed by atoms with Gasteiger partial charge in [-0.3, -0.25) is 0 Å². The lowest BCUT2D eigenvalue weighted by atomic mass is 9.99. The number of hydrogen-bond acceptors (Lipinski definition) is 3. The van der Waals surface area contributed by atoms with Crippen molar-refractivity contribution >= 4 is 81.3 Å². The zero-order valence-corrected chi connectivity index (χ0v) is 30.6. The Hall–Kier alpha value is -6.94. The summed E-state index contributed by atoms with van der Waals surface area (Å²) in [6, 6.07) is 72.3. The Bertz CT molecular complexity index is 3210. The van der Waals surface area contributed by atoms with Crippen LogP contribution in [0.1, 0.15) is 0 Å². The summed E-state index contributed by atoms with van der Waals surface area (Å²) in [6.07, 6.45) is 0. The molecule has 0 fully saturated rings. The summed E-state index contributed by atoms with van der Waals surface area (Å²) in [5, 5.41) is 7.39. The Morgan fingerprint density at radius 2 is 0.964 bits per heavy atom. The Kier molecular flexibility index (Phi) is 7.39. The average molecular weight is 720 g/mol. The summed E-state index contributed by atoms with van der Waals surface area (Å²) in [4.78, 5) is 2.37. The lowest BCUT2D eigenvalue weighted by Gasteiger charge is -2.26. The van der Waals surface area contributed by atoms with E-state index in [4.69, 9.17) is 4.42 Å². The van der Waals surface area contributed by atoms with E-state index in [1.54, 1.807) is 0 Å². The molecular weight excluding hydrogens is 687 g/mol. The third kappa shape index (κ3) is 5.48. The van der Waals surface area contributed by atoms with Crippen molar-refractivity contribution in [3.63, 3.8) is 0 Å². The van der Waals surface area contributed by atoms with E-state index in [0.29, 0.717) is 0 Å². The number of benzene rings is 9. The first-order valence-corrected chi connectivity index (χ1v) is 19.5. The second-order valence-electron chi connectivity index (χ2n) is 14.1. The molecule has 0 saturated heterocycles. The molecule has 11 aromatic rings. The molecule has 0 N–H and O–H groups in total. The van der Waals surface area contributed by atoms with Crippen LogP contribution in [0.3, 0.4) is 0 Å². The first-order chi connectivity index (χ1) is 27.2. The molecule has 2 nitrogen and oxygen atoms in total. The molecule has 9 aromatic carbocycles. The summed E-state index contributed by atoms with van der Waals surface area (Å²) in [5.74, 6) is 0. The first-order valence-electron chi connectivity index (χ1n) is 18.7. The average Bonchev–Trinajstić information content (AvgIpc) is 3.83. The van der Waals surface area contributed by atoms with Crippen LogP contribution in [0.25, 0.3) is 86.3 Å². The minimum Gasteiger partial charge on any atom is -0.456 e. The minimum absolute atomic E-state index is 0.908. The van der Waals surface area contributed by atoms with Crippen LogP contribution in [0, 0.1) is 0 Å². The van der Waals surface area contributed by atoms with Gasteiger partial charge in [0.15, 0.2) is 0 Å². The fourth-order valence-corrected chi connectivity index (χ4v) is 9.35. The quantitative estimate of drug-likeness (QED) is 0.170. The van der Waals surface area contributed by atoms with Gasteiger partial charge in [0.25, 0.3) is 0 Å². The zero-order chi connectivity index (χ0) is 36.3. The maximum atomic E-state index is 6.12. The standard InChI is InChI=1S/C52H33NOS/c1-2-10-37-31-39(20-19-34(37)9-1)38-11-7-12-43(32-38)53(41-26-21-35(22-27-41)40-25-30-50-48(33-40)45-13-3-5-17-49(45)54-50)42-28-23-36(24-29-42)44-15-8-16-47-46-14-4-6-18-51(46)55-52(44)47/h1-33H. The Balaban J connectivity index is 1.01. The lowest BCUT2D eigenvalue weighted by Crippen LogP contribution is -2.10. The van der Waals surface area contributed by atoms with E-state index in [2.05, 4.69) is 193 Å². The maximum Gasteiger partial charge on any atom is 0.135 e. The highest BCUT2D eigenvalue weighted by molar-refractivity contribution is 7.26. The van der Waals surface area contributed by atoms with Gasteiger partial charge < -0.3 is 9.32 Å². The molecule has 2 heterocycles. The molecule has 0 aliphatic heterocycles. The van der Waals surface area contributed by atoms with Gasteiger partial charge in [-0.05, 0) is 111 Å². The highest BCUT2D eigenvalue weighted by atomic mass is 32.1. The molecule has 0 unspecified atom stereocenters. The van der Waals surface area contributed by atoms with Crippen LogP contribution in [-0.2, 0) is 0 Å². The Morgan fingerprint density at radius 1 is 0.345 bits per heavy atom. The second-order valence-corrected chi connectivity index (χ2v) is 15.2. The molecule has 0 amide bonds. The van der Waals surface area contributed by atoms with Crippen LogP contribution < -0.4 is 4.90 Å². The van der Waals surface area contributed by atoms with E-state index < -0.39 is 0 Å². The summed E-state index contributed by atoms with van der Waals surface area (Å²) in [6.45, 7) is 0. The van der Waals surface area contributed by atoms with Gasteiger partial charge in [0.05, 0.1) is 0 Å². The highest BCUT2D eigenvalue weighted by Gasteiger charge is 2.16. The van der Waals surface area contributed by atoms with E-state index in [9.17, 15) is 0 Å². The van der Waals surface area contributed by atoms with Crippen LogP contribution in [-0.4, -0.2) is 0 Å². The molecule has 2 aromatic heterocycles. The number of furan rings is 1. The zero-order valence-electron chi connectivity index (χ0n) is 29.8. The van der Waals surface area contributed by atoms with Crippen molar-refractivity contribution in [2.45, 2.75) is 0 Å². The van der Waals surface area contributed by atoms with Crippen molar-refractivity contribution in [3.05, 3.63) is 200 Å². The SMILES string of the molecule is c1cc(-c2ccc3ccccc3c2)cc(N(c2ccc(-c3ccc4oc5ccccc5c4c3)cc2)c2ccc(-c3cccc4c3sc3ccccc34)cc2)c1. The van der Waals surface area contributed by atoms with Crippen LogP contribution in [0.4, 0.5) is 17.1 Å². The molecule has 3 heteroatoms. The molecule has 0 atom stereocenters. The normalized spacial score (nSPS) is 11.6. The first kappa shape index (κ1) is 31.6. The number of anilines is 3. The predicted octanol–water partition coefficient (Wildman–Crippen LogP) is 15.6. The van der Waals surface area contributed by atoms with E-state index in [1.807, 2.05) is 23.5 Å². The van der Waals surface area contributed by atoms with Gasteiger partial charge in [-0.25, -0.2) is 0 Å². The van der Waals surface area contributed by atoms with Crippen molar-refractivity contribution in [3.8, 4) is 33.4 Å². The Labute approximate surface area is 322 Å². The topological polar surface area (TPSA) is 16.4 Å². The van der Waals surface area contributed by atoms with Gasteiger partial charge in [-0.15, -0.1) is 11.3 Å². The van der Waals surface area contributed by atoms with E-state index in [1.165, 1.54) is 53.2 Å². The molecule has 0 saturated carbocycles. The van der Waals surface area contributed by atoms with Gasteiger partial charge in [0, 0.05) is 48.0 Å². The molecule has 0 spiro atoms. The summed E-state index contributed by atoms with van der Waals surface area (Å²) in [5.41, 5.74) is 12.3. The summed E-state index contributed by atoms with van der Waals surface area (Å²) < 4.78 is 8.77. The molecule has 55 heavy (non-hydrogen) atoms. The molecule has 0 bridgehead atoms.